The Kier molecular flexibility index (Phi) is 5.22. The van der Waals surface area contributed by atoms with Crippen molar-refractivity contribution in [2.45, 2.75) is 0 Å². The van der Waals surface area contributed by atoms with E-state index in [0.29, 0.717) is 22.8 Å². The Labute approximate surface area is 141 Å². The molecule has 1 aromatic heterocycles. The molecule has 2 N–H and O–H groups in total. The first-order valence-electron chi connectivity index (χ1n) is 6.87. The normalized spacial score (nSPS) is 10.7. The van der Waals surface area contributed by atoms with Crippen molar-refractivity contribution in [3.63, 3.8) is 0 Å². The van der Waals surface area contributed by atoms with Crippen LogP contribution in [-0.2, 0) is 0 Å². The van der Waals surface area contributed by atoms with Gasteiger partial charge in [0, 0.05) is 11.6 Å². The molecule has 0 saturated heterocycles. The van der Waals surface area contributed by atoms with Crippen LogP contribution in [0.5, 0.6) is 23.1 Å². The van der Waals surface area contributed by atoms with Gasteiger partial charge in [0.2, 0.25) is 0 Å². The lowest BCUT2D eigenvalue weighted by Crippen LogP contribution is -2.14. The lowest BCUT2D eigenvalue weighted by molar-refractivity contribution is -0.387. The van der Waals surface area contributed by atoms with E-state index >= 15 is 0 Å². The maximum Gasteiger partial charge on any atom is 0.395 e. The molecule has 0 aliphatic rings. The average Bonchev–Trinajstić information content (AvgIpc) is 2.58. The molecular formula is C15H15N3O7. The Balaban J connectivity index is 2.46. The van der Waals surface area contributed by atoms with Gasteiger partial charge in [-0.25, -0.2) is 0 Å². The van der Waals surface area contributed by atoms with Crippen molar-refractivity contribution in [1.82, 2.24) is 9.97 Å². The van der Waals surface area contributed by atoms with E-state index < -0.39 is 22.0 Å². The lowest BCUT2D eigenvalue weighted by atomic mass is 10.1. The third kappa shape index (κ3) is 3.68. The highest BCUT2D eigenvalue weighted by atomic mass is 16.6. The van der Waals surface area contributed by atoms with Crippen molar-refractivity contribution < 1.29 is 24.2 Å². The van der Waals surface area contributed by atoms with E-state index in [1.807, 2.05) is 0 Å². The molecule has 10 nitrogen and oxygen atoms in total. The second-order valence-corrected chi connectivity index (χ2v) is 4.66. The summed E-state index contributed by atoms with van der Waals surface area (Å²) in [4.78, 5) is 27.1. The number of aromatic nitrogens is 2. The van der Waals surface area contributed by atoms with Gasteiger partial charge in [0.05, 0.1) is 26.3 Å². The largest absolute Gasteiger partial charge is 0.496 e. The molecule has 25 heavy (non-hydrogen) atoms. The Morgan fingerprint density at radius 3 is 2.24 bits per heavy atom. The Hall–Kier alpha value is -3.56. The van der Waals surface area contributed by atoms with Crippen LogP contribution < -0.4 is 19.8 Å². The maximum absolute atomic E-state index is 11.6. The summed E-state index contributed by atoms with van der Waals surface area (Å²) in [7, 11) is 4.43. The van der Waals surface area contributed by atoms with Crippen LogP contribution in [0, 0.1) is 10.1 Å². The summed E-state index contributed by atoms with van der Waals surface area (Å²) in [5, 5.41) is 20.2. The SMILES string of the molecule is COc1cc(OC)c(OC)cc1/C=C\c1nc(O)c([N+](=O)[O-])c(=O)[nH]1. The predicted molar refractivity (Wildman–Crippen MR) is 88.2 cm³/mol. The zero-order valence-corrected chi connectivity index (χ0v) is 13.6. The van der Waals surface area contributed by atoms with Gasteiger partial charge in [-0.05, 0) is 18.2 Å². The number of aromatic hydroxyl groups is 1. The van der Waals surface area contributed by atoms with Gasteiger partial charge >= 0.3 is 11.2 Å². The van der Waals surface area contributed by atoms with E-state index in [4.69, 9.17) is 14.2 Å². The molecule has 0 fully saturated rings. The molecule has 2 rings (SSSR count). The second-order valence-electron chi connectivity index (χ2n) is 4.66. The van der Waals surface area contributed by atoms with Crippen LogP contribution in [0.3, 0.4) is 0 Å². The van der Waals surface area contributed by atoms with Crippen LogP contribution >= 0.6 is 0 Å². The molecule has 0 amide bonds. The summed E-state index contributed by atoms with van der Waals surface area (Å²) >= 11 is 0. The average molecular weight is 349 g/mol. The monoisotopic (exact) mass is 349 g/mol. The van der Waals surface area contributed by atoms with Gasteiger partial charge in [0.15, 0.2) is 11.5 Å². The number of nitro groups is 1. The molecule has 0 spiro atoms. The molecule has 0 saturated carbocycles. The van der Waals surface area contributed by atoms with Crippen LogP contribution in [0.1, 0.15) is 11.4 Å². The fourth-order valence-electron chi connectivity index (χ4n) is 2.07. The standard InChI is InChI=1S/C15H15N3O7/c1-23-9-7-11(25-3)10(24-2)6-8(9)4-5-12-16-14(19)13(18(21)22)15(20)17-12/h4-7H,1-3H3,(H2,16,17,19,20)/b5-4-. The van der Waals surface area contributed by atoms with E-state index in [2.05, 4.69) is 9.97 Å². The molecule has 1 heterocycles. The zero-order valence-electron chi connectivity index (χ0n) is 13.6. The minimum absolute atomic E-state index is 0.0649. The van der Waals surface area contributed by atoms with Gasteiger partial charge in [-0.1, -0.05) is 0 Å². The van der Waals surface area contributed by atoms with E-state index in [-0.39, 0.29) is 5.82 Å². The van der Waals surface area contributed by atoms with Gasteiger partial charge in [0.1, 0.15) is 11.6 Å². The van der Waals surface area contributed by atoms with Gasteiger partial charge < -0.3 is 24.3 Å². The van der Waals surface area contributed by atoms with E-state index in [9.17, 15) is 20.0 Å². The van der Waals surface area contributed by atoms with Crippen LogP contribution in [0.4, 0.5) is 5.69 Å². The van der Waals surface area contributed by atoms with Crippen molar-refractivity contribution in [3.8, 4) is 23.1 Å². The number of ether oxygens (including phenoxy) is 3. The number of rotatable bonds is 6. The number of benzene rings is 1. The van der Waals surface area contributed by atoms with Gasteiger partial charge in [-0.3, -0.25) is 14.9 Å². The lowest BCUT2D eigenvalue weighted by Gasteiger charge is -2.12. The first kappa shape index (κ1) is 17.8. The molecule has 0 unspecified atom stereocenters. The second kappa shape index (κ2) is 7.34. The summed E-state index contributed by atoms with van der Waals surface area (Å²) in [6.45, 7) is 0. The van der Waals surface area contributed by atoms with Gasteiger partial charge in [-0.15, -0.1) is 0 Å². The van der Waals surface area contributed by atoms with Crippen LogP contribution in [0.25, 0.3) is 12.2 Å². The Bertz CT molecular complexity index is 889. The van der Waals surface area contributed by atoms with Crippen molar-refractivity contribution >= 4 is 17.8 Å². The topological polar surface area (TPSA) is 137 Å². The summed E-state index contributed by atoms with van der Waals surface area (Å²) in [5.41, 5.74) is -1.50. The summed E-state index contributed by atoms with van der Waals surface area (Å²) < 4.78 is 15.6. The Morgan fingerprint density at radius 2 is 1.72 bits per heavy atom. The molecule has 132 valence electrons. The molecule has 0 bridgehead atoms. The molecule has 10 heteroatoms. The number of hydrogen-bond acceptors (Lipinski definition) is 8. The van der Waals surface area contributed by atoms with E-state index in [0.717, 1.165) is 0 Å². The number of aromatic amines is 1. The van der Waals surface area contributed by atoms with Gasteiger partial charge in [-0.2, -0.15) is 4.98 Å². The van der Waals surface area contributed by atoms with Crippen molar-refractivity contribution in [2.24, 2.45) is 0 Å². The highest BCUT2D eigenvalue weighted by Gasteiger charge is 2.21. The maximum atomic E-state index is 11.6. The molecule has 1 aromatic carbocycles. The van der Waals surface area contributed by atoms with Crippen LogP contribution in [0.15, 0.2) is 16.9 Å². The first-order valence-corrected chi connectivity index (χ1v) is 6.87. The quantitative estimate of drug-likeness (QED) is 0.592. The summed E-state index contributed by atoms with van der Waals surface area (Å²) in [6, 6.07) is 3.25. The molecule has 0 aliphatic carbocycles. The number of nitrogens with zero attached hydrogens (tertiary/aromatic N) is 2. The number of methoxy groups -OCH3 is 3. The third-order valence-electron chi connectivity index (χ3n) is 3.23. The highest BCUT2D eigenvalue weighted by Crippen LogP contribution is 2.35. The number of nitrogens with one attached hydrogen (secondary N) is 1. The summed E-state index contributed by atoms with van der Waals surface area (Å²) in [6.07, 6.45) is 2.89. The fraction of sp³-hybridized carbons (Fsp3) is 0.200. The zero-order chi connectivity index (χ0) is 18.6. The van der Waals surface area contributed by atoms with Crippen LogP contribution in [0.2, 0.25) is 0 Å². The van der Waals surface area contributed by atoms with Crippen molar-refractivity contribution in [3.05, 3.63) is 44.0 Å². The minimum atomic E-state index is -1.06. The number of H-pyrrole nitrogens is 1. The first-order chi connectivity index (χ1) is 11.9. The smallest absolute Gasteiger partial charge is 0.395 e. The minimum Gasteiger partial charge on any atom is -0.496 e. The summed E-state index contributed by atoms with van der Waals surface area (Å²) in [5.74, 6) is 0.354. The van der Waals surface area contributed by atoms with Crippen molar-refractivity contribution in [1.29, 1.82) is 0 Å². The molecule has 0 radical (unpaired) electrons. The van der Waals surface area contributed by atoms with Gasteiger partial charge in [0.25, 0.3) is 5.88 Å². The highest BCUT2D eigenvalue weighted by molar-refractivity contribution is 5.73. The third-order valence-corrected chi connectivity index (χ3v) is 3.23. The Morgan fingerprint density at radius 1 is 1.12 bits per heavy atom. The fourth-order valence-corrected chi connectivity index (χ4v) is 2.07. The molecule has 2 aromatic rings. The van der Waals surface area contributed by atoms with Crippen molar-refractivity contribution in [2.75, 3.05) is 21.3 Å². The van der Waals surface area contributed by atoms with E-state index in [1.165, 1.54) is 33.5 Å². The predicted octanol–water partition coefficient (Wildman–Crippen LogP) is 1.58. The molecular weight excluding hydrogens is 334 g/mol. The molecule has 0 aliphatic heterocycles. The van der Waals surface area contributed by atoms with Crippen LogP contribution in [-0.4, -0.2) is 41.3 Å². The number of hydrogen-bond donors (Lipinski definition) is 2. The molecule has 0 atom stereocenters. The van der Waals surface area contributed by atoms with E-state index in [1.54, 1.807) is 12.1 Å².